The van der Waals surface area contributed by atoms with Crippen molar-refractivity contribution in [2.75, 3.05) is 31.5 Å². The van der Waals surface area contributed by atoms with E-state index in [1.54, 1.807) is 12.1 Å². The summed E-state index contributed by atoms with van der Waals surface area (Å²) in [6.07, 6.45) is 4.99. The number of piperidine rings is 1. The van der Waals surface area contributed by atoms with Crippen molar-refractivity contribution in [2.45, 2.75) is 19.3 Å². The van der Waals surface area contributed by atoms with E-state index in [9.17, 15) is 10.1 Å². The van der Waals surface area contributed by atoms with Crippen molar-refractivity contribution in [3.63, 3.8) is 0 Å². The van der Waals surface area contributed by atoms with Crippen LogP contribution in [0.3, 0.4) is 0 Å². The molecule has 0 amide bonds. The quantitative estimate of drug-likeness (QED) is 0.519. The minimum absolute atomic E-state index is 0.101. The van der Waals surface area contributed by atoms with Crippen LogP contribution in [0.4, 0.5) is 11.5 Å². The number of nitro groups is 1. The van der Waals surface area contributed by atoms with Crippen molar-refractivity contribution in [2.24, 2.45) is 0 Å². The average molecular weight is 368 g/mol. The van der Waals surface area contributed by atoms with Gasteiger partial charge in [0.05, 0.1) is 10.4 Å². The number of rotatable bonds is 6. The van der Waals surface area contributed by atoms with Gasteiger partial charge in [0, 0.05) is 13.1 Å². The molecule has 3 heterocycles. The number of hydrogen-bond donors (Lipinski definition) is 1. The lowest BCUT2D eigenvalue weighted by atomic mass is 10.1. The number of aromatic nitrogens is 5. The first-order valence-corrected chi connectivity index (χ1v) is 9.00. The van der Waals surface area contributed by atoms with Crippen LogP contribution in [0.1, 0.15) is 19.3 Å². The summed E-state index contributed by atoms with van der Waals surface area (Å²) in [5.41, 5.74) is 1.09. The molecule has 2 aromatic heterocycles. The summed E-state index contributed by atoms with van der Waals surface area (Å²) in [6.45, 7) is 3.55. The molecule has 0 saturated carbocycles. The highest BCUT2D eigenvalue weighted by atomic mass is 16.6. The Kier molecular flexibility index (Phi) is 4.88. The van der Waals surface area contributed by atoms with Crippen LogP contribution >= 0.6 is 0 Å². The minimum Gasteiger partial charge on any atom is -0.363 e. The molecule has 0 aliphatic carbocycles. The summed E-state index contributed by atoms with van der Waals surface area (Å²) in [6, 6.07) is 7.25. The maximum absolute atomic E-state index is 11.8. The second-order valence-electron chi connectivity index (χ2n) is 6.47. The number of fused-ring (bicyclic) bond motifs is 1. The molecule has 1 saturated heterocycles. The summed E-state index contributed by atoms with van der Waals surface area (Å²) in [5, 5.41) is 22.9. The van der Waals surface area contributed by atoms with E-state index in [-0.39, 0.29) is 17.3 Å². The number of anilines is 1. The molecule has 10 heteroatoms. The number of likely N-dealkylation sites (tertiary alicyclic amines) is 1. The lowest BCUT2D eigenvalue weighted by Crippen LogP contribution is -2.33. The first kappa shape index (κ1) is 17.3. The van der Waals surface area contributed by atoms with Gasteiger partial charge < -0.3 is 10.2 Å². The lowest BCUT2D eigenvalue weighted by molar-refractivity contribution is -0.384. The standard InChI is InChI=1S/C17H20N8O2/c26-25(27)15-16(18-8-11-23-9-4-1-5-10-23)19-12-20-17(15)24-14-7-3-2-6-13(14)21-22-24/h2-3,6-7,12H,1,4-5,8-11H2,(H,18,19,20). The van der Waals surface area contributed by atoms with E-state index in [2.05, 4.69) is 30.5 Å². The molecule has 3 aromatic rings. The molecule has 1 fully saturated rings. The molecule has 0 radical (unpaired) electrons. The van der Waals surface area contributed by atoms with E-state index < -0.39 is 4.92 Å². The fraction of sp³-hybridized carbons (Fsp3) is 0.412. The normalized spacial score (nSPS) is 15.1. The number of nitrogens with zero attached hydrogens (tertiary/aromatic N) is 7. The monoisotopic (exact) mass is 368 g/mol. The molecule has 0 spiro atoms. The minimum atomic E-state index is -0.477. The van der Waals surface area contributed by atoms with Crippen LogP contribution in [-0.4, -0.2) is 61.0 Å². The van der Waals surface area contributed by atoms with Gasteiger partial charge in [-0.05, 0) is 38.1 Å². The molecular formula is C17H20N8O2. The highest BCUT2D eigenvalue weighted by molar-refractivity contribution is 5.77. The zero-order chi connectivity index (χ0) is 18.6. The van der Waals surface area contributed by atoms with Gasteiger partial charge in [0.25, 0.3) is 0 Å². The topological polar surface area (TPSA) is 115 Å². The second-order valence-corrected chi connectivity index (χ2v) is 6.47. The van der Waals surface area contributed by atoms with E-state index in [0.29, 0.717) is 17.6 Å². The third-order valence-corrected chi connectivity index (χ3v) is 4.71. The van der Waals surface area contributed by atoms with Gasteiger partial charge in [0.1, 0.15) is 11.8 Å². The SMILES string of the molecule is O=[N+]([O-])c1c(NCCN2CCCCC2)ncnc1-n1nnc2ccccc21. The van der Waals surface area contributed by atoms with Crippen LogP contribution in [0.15, 0.2) is 30.6 Å². The summed E-state index contributed by atoms with van der Waals surface area (Å²) < 4.78 is 1.38. The van der Waals surface area contributed by atoms with E-state index in [1.807, 2.05) is 12.1 Å². The average Bonchev–Trinajstić information content (AvgIpc) is 3.12. The molecule has 0 atom stereocenters. The van der Waals surface area contributed by atoms with Crippen LogP contribution in [0.25, 0.3) is 16.9 Å². The van der Waals surface area contributed by atoms with Gasteiger partial charge in [0.2, 0.25) is 11.6 Å². The number of hydrogen-bond acceptors (Lipinski definition) is 8. The third-order valence-electron chi connectivity index (χ3n) is 4.71. The Morgan fingerprint density at radius 2 is 1.96 bits per heavy atom. The van der Waals surface area contributed by atoms with Crippen LogP contribution in [-0.2, 0) is 0 Å². The van der Waals surface area contributed by atoms with E-state index >= 15 is 0 Å². The van der Waals surface area contributed by atoms with E-state index in [4.69, 9.17) is 0 Å². The van der Waals surface area contributed by atoms with Gasteiger partial charge in [-0.2, -0.15) is 4.68 Å². The summed E-state index contributed by atoms with van der Waals surface area (Å²) >= 11 is 0. The first-order valence-electron chi connectivity index (χ1n) is 9.00. The van der Waals surface area contributed by atoms with Crippen molar-refractivity contribution in [3.8, 4) is 5.82 Å². The fourth-order valence-electron chi connectivity index (χ4n) is 3.36. The molecule has 10 nitrogen and oxygen atoms in total. The van der Waals surface area contributed by atoms with Gasteiger partial charge in [-0.3, -0.25) is 10.1 Å². The highest BCUT2D eigenvalue weighted by Gasteiger charge is 2.26. The zero-order valence-corrected chi connectivity index (χ0v) is 14.8. The van der Waals surface area contributed by atoms with Gasteiger partial charge in [-0.25, -0.2) is 9.97 Å². The maximum atomic E-state index is 11.8. The maximum Gasteiger partial charge on any atom is 0.355 e. The first-order chi connectivity index (χ1) is 13.2. The van der Waals surface area contributed by atoms with Crippen molar-refractivity contribution >= 4 is 22.5 Å². The summed E-state index contributed by atoms with van der Waals surface area (Å²) in [4.78, 5) is 21.8. The van der Waals surface area contributed by atoms with Crippen LogP contribution < -0.4 is 5.32 Å². The Morgan fingerprint density at radius 3 is 2.78 bits per heavy atom. The Balaban J connectivity index is 1.61. The second kappa shape index (κ2) is 7.62. The van der Waals surface area contributed by atoms with Crippen molar-refractivity contribution < 1.29 is 4.92 Å². The van der Waals surface area contributed by atoms with Gasteiger partial charge >= 0.3 is 5.69 Å². The molecule has 0 unspecified atom stereocenters. The number of benzene rings is 1. The molecule has 140 valence electrons. The van der Waals surface area contributed by atoms with Crippen molar-refractivity contribution in [1.82, 2.24) is 29.9 Å². The third kappa shape index (κ3) is 3.56. The number of nitrogens with one attached hydrogen (secondary N) is 1. The lowest BCUT2D eigenvalue weighted by Gasteiger charge is -2.26. The van der Waals surface area contributed by atoms with E-state index in [1.165, 1.54) is 30.3 Å². The molecule has 1 N–H and O–H groups in total. The van der Waals surface area contributed by atoms with Crippen LogP contribution in [0.2, 0.25) is 0 Å². The molecule has 1 aliphatic rings. The number of para-hydroxylation sites is 1. The van der Waals surface area contributed by atoms with Crippen molar-refractivity contribution in [3.05, 3.63) is 40.7 Å². The molecular weight excluding hydrogens is 348 g/mol. The zero-order valence-electron chi connectivity index (χ0n) is 14.8. The predicted molar refractivity (Wildman–Crippen MR) is 99.9 cm³/mol. The van der Waals surface area contributed by atoms with Crippen molar-refractivity contribution in [1.29, 1.82) is 0 Å². The Hall–Kier alpha value is -3.14. The van der Waals surface area contributed by atoms with Gasteiger partial charge in [-0.1, -0.05) is 23.8 Å². The largest absolute Gasteiger partial charge is 0.363 e. The molecule has 1 aromatic carbocycles. The summed E-state index contributed by atoms with van der Waals surface area (Å²) in [5.74, 6) is 0.297. The Morgan fingerprint density at radius 1 is 1.15 bits per heavy atom. The van der Waals surface area contributed by atoms with Crippen LogP contribution in [0.5, 0.6) is 0 Å². The summed E-state index contributed by atoms with van der Waals surface area (Å²) in [7, 11) is 0. The van der Waals surface area contributed by atoms with E-state index in [0.717, 1.165) is 19.6 Å². The van der Waals surface area contributed by atoms with Gasteiger partial charge in [0.15, 0.2) is 0 Å². The molecule has 27 heavy (non-hydrogen) atoms. The molecule has 4 rings (SSSR count). The Bertz CT molecular complexity index is 951. The predicted octanol–water partition coefficient (Wildman–Crippen LogP) is 2.02. The Labute approximate surface area is 155 Å². The molecule has 1 aliphatic heterocycles. The van der Waals surface area contributed by atoms with Crippen LogP contribution in [0, 0.1) is 10.1 Å². The van der Waals surface area contributed by atoms with Gasteiger partial charge in [-0.15, -0.1) is 5.10 Å². The smallest absolute Gasteiger partial charge is 0.355 e. The fourth-order valence-corrected chi connectivity index (χ4v) is 3.36. The highest BCUT2D eigenvalue weighted by Crippen LogP contribution is 2.29. The molecule has 0 bridgehead atoms.